The van der Waals surface area contributed by atoms with Gasteiger partial charge >= 0.3 is 0 Å². The molecule has 1 heteroatoms. The summed E-state index contributed by atoms with van der Waals surface area (Å²) in [5.74, 6) is 0.331. The highest BCUT2D eigenvalue weighted by Gasteiger charge is 2.31. The lowest BCUT2D eigenvalue weighted by Crippen LogP contribution is -2.25. The Morgan fingerprint density at radius 3 is 1.36 bits per heavy atom. The lowest BCUT2D eigenvalue weighted by molar-refractivity contribution is 0.468. The first-order chi connectivity index (χ1) is 13.0. The molecule has 0 amide bonds. The molecule has 28 heavy (non-hydrogen) atoms. The van der Waals surface area contributed by atoms with Gasteiger partial charge in [0, 0.05) is 10.8 Å². The van der Waals surface area contributed by atoms with E-state index in [0.29, 0.717) is 5.75 Å². The fourth-order valence-corrected chi connectivity index (χ4v) is 4.38. The molecule has 0 bridgehead atoms. The van der Waals surface area contributed by atoms with Crippen LogP contribution in [0.2, 0.25) is 0 Å². The summed E-state index contributed by atoms with van der Waals surface area (Å²) >= 11 is 0. The zero-order valence-electron chi connectivity index (χ0n) is 18.2. The topological polar surface area (TPSA) is 20.2 Å². The van der Waals surface area contributed by atoms with Gasteiger partial charge < -0.3 is 5.11 Å². The molecule has 3 aromatic rings. The maximum Gasteiger partial charge on any atom is 0.116 e. The van der Waals surface area contributed by atoms with Gasteiger partial charge in [0.15, 0.2) is 0 Å². The Morgan fingerprint density at radius 2 is 1.00 bits per heavy atom. The lowest BCUT2D eigenvalue weighted by atomic mass is 9.70. The molecular formula is C27H32O. The minimum atomic E-state index is -0.202. The first kappa shape index (κ1) is 20.2. The van der Waals surface area contributed by atoms with E-state index < -0.39 is 0 Å². The van der Waals surface area contributed by atoms with Gasteiger partial charge in [-0.15, -0.1) is 0 Å². The summed E-state index contributed by atoms with van der Waals surface area (Å²) in [6.07, 6.45) is 0. The van der Waals surface area contributed by atoms with Gasteiger partial charge in [-0.05, 0) is 60.7 Å². The Hall–Kier alpha value is -2.54. The Labute approximate surface area is 170 Å². The molecule has 0 heterocycles. The molecule has 0 aliphatic heterocycles. The Bertz CT molecular complexity index is 930. The number of aryl methyl sites for hydroxylation is 2. The van der Waals surface area contributed by atoms with Gasteiger partial charge in [-0.3, -0.25) is 0 Å². The number of benzene rings is 3. The van der Waals surface area contributed by atoms with Gasteiger partial charge in [0.1, 0.15) is 5.75 Å². The standard InChI is InChI=1S/C27H32O/c1-18-10-8-12-21(14-18)26(4,5)24-16-23(28)17-25(20(24)3)27(6,7)22-13-9-11-19(2)15-22/h8-17,28H,1-7H3. The molecule has 3 rings (SSSR count). The Balaban J connectivity index is 2.20. The molecule has 0 saturated carbocycles. The Kier molecular flexibility index (Phi) is 5.14. The van der Waals surface area contributed by atoms with Crippen molar-refractivity contribution < 1.29 is 5.11 Å². The van der Waals surface area contributed by atoms with E-state index in [0.717, 1.165) is 0 Å². The van der Waals surface area contributed by atoms with Gasteiger partial charge in [0.05, 0.1) is 0 Å². The van der Waals surface area contributed by atoms with E-state index in [-0.39, 0.29) is 10.8 Å². The van der Waals surface area contributed by atoms with Crippen LogP contribution >= 0.6 is 0 Å². The van der Waals surface area contributed by atoms with Crippen molar-refractivity contribution in [3.63, 3.8) is 0 Å². The van der Waals surface area contributed by atoms with E-state index in [1.807, 2.05) is 12.1 Å². The number of phenolic OH excluding ortho intramolecular Hbond substituents is 1. The highest BCUT2D eigenvalue weighted by atomic mass is 16.3. The largest absolute Gasteiger partial charge is 0.508 e. The average molecular weight is 373 g/mol. The molecule has 0 aromatic heterocycles. The molecule has 0 radical (unpaired) electrons. The molecule has 3 aromatic carbocycles. The van der Waals surface area contributed by atoms with Crippen LogP contribution in [0.3, 0.4) is 0 Å². The van der Waals surface area contributed by atoms with Crippen LogP contribution in [0.25, 0.3) is 0 Å². The van der Waals surface area contributed by atoms with Crippen molar-refractivity contribution in [2.24, 2.45) is 0 Å². The van der Waals surface area contributed by atoms with Gasteiger partial charge in [-0.2, -0.15) is 0 Å². The first-order valence-electron chi connectivity index (χ1n) is 10.0. The van der Waals surface area contributed by atoms with Crippen molar-refractivity contribution in [3.8, 4) is 5.75 Å². The van der Waals surface area contributed by atoms with Gasteiger partial charge in [0.25, 0.3) is 0 Å². The minimum Gasteiger partial charge on any atom is -0.508 e. The zero-order valence-corrected chi connectivity index (χ0v) is 18.2. The molecule has 0 aliphatic rings. The third-order valence-electron chi connectivity index (χ3n) is 6.22. The second-order valence-electron chi connectivity index (χ2n) is 9.15. The highest BCUT2D eigenvalue weighted by Crippen LogP contribution is 2.42. The third-order valence-corrected chi connectivity index (χ3v) is 6.22. The number of aromatic hydroxyl groups is 1. The quantitative estimate of drug-likeness (QED) is 0.524. The van der Waals surface area contributed by atoms with Crippen LogP contribution in [0.1, 0.15) is 66.6 Å². The van der Waals surface area contributed by atoms with Crippen molar-refractivity contribution in [2.75, 3.05) is 0 Å². The van der Waals surface area contributed by atoms with Crippen LogP contribution in [0, 0.1) is 20.8 Å². The lowest BCUT2D eigenvalue weighted by Gasteiger charge is -2.34. The predicted molar refractivity (Wildman–Crippen MR) is 119 cm³/mol. The summed E-state index contributed by atoms with van der Waals surface area (Å²) in [5, 5.41) is 10.6. The van der Waals surface area contributed by atoms with Gasteiger partial charge in [0.2, 0.25) is 0 Å². The maximum atomic E-state index is 10.6. The molecule has 146 valence electrons. The predicted octanol–water partition coefficient (Wildman–Crippen LogP) is 6.97. The highest BCUT2D eigenvalue weighted by molar-refractivity contribution is 5.54. The van der Waals surface area contributed by atoms with Crippen molar-refractivity contribution >= 4 is 0 Å². The van der Waals surface area contributed by atoms with Gasteiger partial charge in [-0.1, -0.05) is 87.4 Å². The summed E-state index contributed by atoms with van der Waals surface area (Å²) in [5.41, 5.74) is 8.23. The normalized spacial score (nSPS) is 12.2. The first-order valence-corrected chi connectivity index (χ1v) is 10.0. The monoisotopic (exact) mass is 372 g/mol. The summed E-state index contributed by atoms with van der Waals surface area (Å²) in [7, 11) is 0. The van der Waals surface area contributed by atoms with Crippen LogP contribution in [0.15, 0.2) is 60.7 Å². The number of hydrogen-bond donors (Lipinski definition) is 1. The van der Waals surface area contributed by atoms with Crippen LogP contribution in [-0.2, 0) is 10.8 Å². The molecule has 1 N–H and O–H groups in total. The fourth-order valence-electron chi connectivity index (χ4n) is 4.38. The molecule has 0 aliphatic carbocycles. The number of rotatable bonds is 4. The third kappa shape index (κ3) is 3.58. The van der Waals surface area contributed by atoms with E-state index >= 15 is 0 Å². The van der Waals surface area contributed by atoms with Gasteiger partial charge in [-0.25, -0.2) is 0 Å². The van der Waals surface area contributed by atoms with Crippen molar-refractivity contribution in [2.45, 2.75) is 59.3 Å². The van der Waals surface area contributed by atoms with Crippen molar-refractivity contribution in [1.29, 1.82) is 0 Å². The number of hydrogen-bond acceptors (Lipinski definition) is 1. The van der Waals surface area contributed by atoms with Crippen LogP contribution in [0.5, 0.6) is 5.75 Å². The zero-order chi connectivity index (χ0) is 20.7. The number of phenols is 1. The molecule has 0 fully saturated rings. The summed E-state index contributed by atoms with van der Waals surface area (Å²) in [4.78, 5) is 0. The van der Waals surface area contributed by atoms with Crippen molar-refractivity contribution in [1.82, 2.24) is 0 Å². The summed E-state index contributed by atoms with van der Waals surface area (Å²) in [6.45, 7) is 15.4. The smallest absolute Gasteiger partial charge is 0.116 e. The van der Waals surface area contributed by atoms with E-state index in [1.54, 1.807) is 0 Å². The summed E-state index contributed by atoms with van der Waals surface area (Å²) in [6, 6.07) is 21.2. The average Bonchev–Trinajstić information content (AvgIpc) is 2.63. The molecular weight excluding hydrogens is 340 g/mol. The maximum absolute atomic E-state index is 10.6. The SMILES string of the molecule is Cc1cccc(C(C)(C)c2cc(O)cc(C(C)(C)c3cccc(C)c3)c2C)c1. The van der Waals surface area contributed by atoms with Crippen LogP contribution in [0.4, 0.5) is 0 Å². The second-order valence-corrected chi connectivity index (χ2v) is 9.15. The summed E-state index contributed by atoms with van der Waals surface area (Å²) < 4.78 is 0. The Morgan fingerprint density at radius 1 is 0.607 bits per heavy atom. The van der Waals surface area contributed by atoms with Crippen LogP contribution < -0.4 is 0 Å². The van der Waals surface area contributed by atoms with E-state index in [9.17, 15) is 5.11 Å². The molecule has 0 spiro atoms. The van der Waals surface area contributed by atoms with Crippen LogP contribution in [-0.4, -0.2) is 5.11 Å². The van der Waals surface area contributed by atoms with E-state index in [2.05, 4.69) is 97.0 Å². The molecule has 0 unspecified atom stereocenters. The molecule has 1 nitrogen and oxygen atoms in total. The molecule has 0 atom stereocenters. The van der Waals surface area contributed by atoms with E-state index in [1.165, 1.54) is 38.9 Å². The van der Waals surface area contributed by atoms with Crippen molar-refractivity contribution in [3.05, 3.63) is 99.6 Å². The second kappa shape index (κ2) is 7.13. The molecule has 0 saturated heterocycles. The fraction of sp³-hybridized carbons (Fsp3) is 0.333. The minimum absolute atomic E-state index is 0.202. The van der Waals surface area contributed by atoms with E-state index in [4.69, 9.17) is 0 Å².